The number of nitrogens with zero attached hydrogens (tertiary/aromatic N) is 1. The van der Waals surface area contributed by atoms with Gasteiger partial charge in [-0.15, -0.1) is 0 Å². The molecule has 2 aromatic rings. The molecule has 3 fully saturated rings. The highest BCUT2D eigenvalue weighted by Gasteiger charge is 2.67. The molecule has 7 rings (SSSR count). The number of aromatic hydroxyl groups is 1. The quantitative estimate of drug-likeness (QED) is 0.822. The van der Waals surface area contributed by atoms with Gasteiger partial charge in [-0.2, -0.15) is 0 Å². The summed E-state index contributed by atoms with van der Waals surface area (Å²) >= 11 is 0. The molecule has 156 valence electrons. The van der Waals surface area contributed by atoms with Gasteiger partial charge in [0.15, 0.2) is 11.5 Å². The van der Waals surface area contributed by atoms with E-state index in [0.717, 1.165) is 31.7 Å². The van der Waals surface area contributed by atoms with Crippen LogP contribution in [-0.2, 0) is 11.8 Å². The summed E-state index contributed by atoms with van der Waals surface area (Å²) < 4.78 is 6.48. The first kappa shape index (κ1) is 17.6. The van der Waals surface area contributed by atoms with Crippen molar-refractivity contribution in [1.82, 2.24) is 4.90 Å². The molecular formula is C26H29NO3. The van der Waals surface area contributed by atoms with E-state index in [0.29, 0.717) is 17.7 Å². The van der Waals surface area contributed by atoms with Crippen LogP contribution in [-0.4, -0.2) is 46.5 Å². The van der Waals surface area contributed by atoms with Gasteiger partial charge in [0.1, 0.15) is 6.10 Å². The SMILES string of the molecule is Oc1ccc2c3c1O[C@H]1[C@@H](O)[C@@H](c4ccccc4)C[C@H]4[C@@H](C2)N(CC2CC2)CC[C@@]341. The van der Waals surface area contributed by atoms with Crippen LogP contribution in [0.5, 0.6) is 11.5 Å². The van der Waals surface area contributed by atoms with E-state index < -0.39 is 6.10 Å². The smallest absolute Gasteiger partial charge is 0.165 e. The van der Waals surface area contributed by atoms with Crippen molar-refractivity contribution >= 4 is 0 Å². The maximum absolute atomic E-state index is 11.6. The zero-order valence-electron chi connectivity index (χ0n) is 17.2. The maximum atomic E-state index is 11.6. The van der Waals surface area contributed by atoms with Gasteiger partial charge in [0.25, 0.3) is 0 Å². The second kappa shape index (κ2) is 6.02. The molecule has 4 heteroatoms. The molecule has 0 amide bonds. The van der Waals surface area contributed by atoms with Gasteiger partial charge in [-0.3, -0.25) is 4.90 Å². The van der Waals surface area contributed by atoms with Crippen LogP contribution in [0, 0.1) is 11.8 Å². The second-order valence-electron chi connectivity index (χ2n) is 10.3. The summed E-state index contributed by atoms with van der Waals surface area (Å²) in [6.45, 7) is 2.30. The number of ether oxygens (including phenoxy) is 1. The second-order valence-corrected chi connectivity index (χ2v) is 10.3. The Kier molecular flexibility index (Phi) is 3.53. The van der Waals surface area contributed by atoms with E-state index in [1.807, 2.05) is 6.07 Å². The number of aliphatic hydroxyl groups is 1. The third-order valence-corrected chi connectivity index (χ3v) is 8.93. The fourth-order valence-electron chi connectivity index (χ4n) is 7.48. The molecule has 3 aliphatic carbocycles. The van der Waals surface area contributed by atoms with Crippen LogP contribution in [0.4, 0.5) is 0 Å². The molecule has 1 spiro atoms. The first-order valence-electron chi connectivity index (χ1n) is 11.7. The molecular weight excluding hydrogens is 374 g/mol. The molecule has 2 aliphatic heterocycles. The molecule has 2 N–H and O–H groups in total. The number of aliphatic hydroxyl groups excluding tert-OH is 1. The van der Waals surface area contributed by atoms with Crippen LogP contribution in [0.25, 0.3) is 0 Å². The van der Waals surface area contributed by atoms with Crippen molar-refractivity contribution in [2.75, 3.05) is 13.1 Å². The predicted octanol–water partition coefficient (Wildman–Crippen LogP) is 3.60. The summed E-state index contributed by atoms with van der Waals surface area (Å²) in [6, 6.07) is 14.9. The van der Waals surface area contributed by atoms with Gasteiger partial charge in [0.05, 0.1) is 6.10 Å². The molecule has 5 aliphatic rings. The summed E-state index contributed by atoms with van der Waals surface area (Å²) in [5.74, 6) is 2.31. The number of phenols is 1. The standard InChI is InChI=1S/C26H29NO3/c28-21-9-8-17-12-20-19-13-18(16-4-2-1-3-5-16)23(29)25-26(19,22(17)24(21)30-25)10-11-27(20)14-15-6-7-15/h1-5,8-9,15,18-20,23,25,28-29H,6-7,10-14H2/t18-,19+,20-,23+,25+,26+/m1/s1. The van der Waals surface area contributed by atoms with Crippen molar-refractivity contribution in [2.24, 2.45) is 11.8 Å². The first-order chi connectivity index (χ1) is 14.7. The molecule has 4 nitrogen and oxygen atoms in total. The fraction of sp³-hybridized carbons (Fsp3) is 0.538. The molecule has 0 unspecified atom stereocenters. The van der Waals surface area contributed by atoms with Gasteiger partial charge in [-0.1, -0.05) is 36.4 Å². The van der Waals surface area contributed by atoms with Crippen molar-refractivity contribution in [1.29, 1.82) is 0 Å². The number of benzene rings is 2. The Labute approximate surface area is 177 Å². The summed E-state index contributed by atoms with van der Waals surface area (Å²) in [5, 5.41) is 22.2. The van der Waals surface area contributed by atoms with Crippen molar-refractivity contribution in [2.45, 2.75) is 61.7 Å². The summed E-state index contributed by atoms with van der Waals surface area (Å²) in [5.41, 5.74) is 3.61. The van der Waals surface area contributed by atoms with Gasteiger partial charge >= 0.3 is 0 Å². The van der Waals surface area contributed by atoms with Crippen LogP contribution in [0.15, 0.2) is 42.5 Å². The highest BCUT2D eigenvalue weighted by Crippen LogP contribution is 2.65. The van der Waals surface area contributed by atoms with E-state index in [-0.39, 0.29) is 23.2 Å². The Morgan fingerprint density at radius 2 is 1.93 bits per heavy atom. The molecule has 1 saturated heterocycles. The normalized spacial score (nSPS) is 38.8. The molecule has 2 bridgehead atoms. The number of likely N-dealkylation sites (tertiary alicyclic amines) is 1. The van der Waals surface area contributed by atoms with Crippen molar-refractivity contribution < 1.29 is 14.9 Å². The van der Waals surface area contributed by atoms with E-state index in [4.69, 9.17) is 4.74 Å². The van der Waals surface area contributed by atoms with Crippen LogP contribution in [0.3, 0.4) is 0 Å². The van der Waals surface area contributed by atoms with Crippen molar-refractivity contribution in [3.05, 3.63) is 59.2 Å². The Morgan fingerprint density at radius 1 is 1.10 bits per heavy atom. The Bertz CT molecular complexity index is 1000. The van der Waals surface area contributed by atoms with Crippen LogP contribution in [0.2, 0.25) is 0 Å². The highest BCUT2D eigenvalue weighted by atomic mass is 16.5. The van der Waals surface area contributed by atoms with E-state index in [1.165, 1.54) is 36.1 Å². The minimum Gasteiger partial charge on any atom is -0.504 e. The molecule has 6 atom stereocenters. The molecule has 2 heterocycles. The lowest BCUT2D eigenvalue weighted by Crippen LogP contribution is -2.68. The summed E-state index contributed by atoms with van der Waals surface area (Å²) in [6.07, 6.45) is 4.98. The monoisotopic (exact) mass is 403 g/mol. The molecule has 30 heavy (non-hydrogen) atoms. The number of piperidine rings is 1. The topological polar surface area (TPSA) is 52.9 Å². The summed E-state index contributed by atoms with van der Waals surface area (Å²) in [4.78, 5) is 2.76. The lowest BCUT2D eigenvalue weighted by Gasteiger charge is -2.60. The molecule has 0 aromatic heterocycles. The minimum absolute atomic E-state index is 0.0794. The zero-order valence-corrected chi connectivity index (χ0v) is 17.2. The zero-order chi connectivity index (χ0) is 20.0. The van der Waals surface area contributed by atoms with Crippen LogP contribution in [0.1, 0.15) is 48.3 Å². The summed E-state index contributed by atoms with van der Waals surface area (Å²) in [7, 11) is 0. The number of hydrogen-bond acceptors (Lipinski definition) is 4. The van der Waals surface area contributed by atoms with Crippen LogP contribution >= 0.6 is 0 Å². The first-order valence-corrected chi connectivity index (χ1v) is 11.7. The molecule has 2 saturated carbocycles. The third-order valence-electron chi connectivity index (χ3n) is 8.93. The van der Waals surface area contributed by atoms with Gasteiger partial charge in [0, 0.05) is 29.5 Å². The van der Waals surface area contributed by atoms with Gasteiger partial charge in [-0.05, 0) is 67.7 Å². The van der Waals surface area contributed by atoms with E-state index in [2.05, 4.69) is 35.2 Å². The van der Waals surface area contributed by atoms with Gasteiger partial charge in [0.2, 0.25) is 0 Å². The number of phenolic OH excluding ortho intramolecular Hbond substituents is 1. The number of hydrogen-bond donors (Lipinski definition) is 2. The van der Waals surface area contributed by atoms with Crippen molar-refractivity contribution in [3.63, 3.8) is 0 Å². The molecule has 2 aromatic carbocycles. The lowest BCUT2D eigenvalue weighted by molar-refractivity contribution is -0.114. The average molecular weight is 404 g/mol. The fourth-order valence-corrected chi connectivity index (χ4v) is 7.48. The highest BCUT2D eigenvalue weighted by molar-refractivity contribution is 5.61. The Morgan fingerprint density at radius 3 is 2.73 bits per heavy atom. The Hall–Kier alpha value is -2.04. The largest absolute Gasteiger partial charge is 0.504 e. The lowest BCUT2D eigenvalue weighted by atomic mass is 9.49. The molecule has 0 radical (unpaired) electrons. The maximum Gasteiger partial charge on any atom is 0.165 e. The van der Waals surface area contributed by atoms with E-state index in [1.54, 1.807) is 6.07 Å². The number of rotatable bonds is 3. The van der Waals surface area contributed by atoms with E-state index in [9.17, 15) is 10.2 Å². The van der Waals surface area contributed by atoms with E-state index >= 15 is 0 Å². The third kappa shape index (κ3) is 2.19. The van der Waals surface area contributed by atoms with Crippen LogP contribution < -0.4 is 4.74 Å². The predicted molar refractivity (Wildman–Crippen MR) is 114 cm³/mol. The Balaban J connectivity index is 1.38. The van der Waals surface area contributed by atoms with Gasteiger partial charge < -0.3 is 14.9 Å². The van der Waals surface area contributed by atoms with Crippen molar-refractivity contribution in [3.8, 4) is 11.5 Å². The van der Waals surface area contributed by atoms with Gasteiger partial charge in [-0.25, -0.2) is 0 Å². The average Bonchev–Trinajstić information content (AvgIpc) is 3.51. The minimum atomic E-state index is -0.558.